The second kappa shape index (κ2) is 6.87. The van der Waals surface area contributed by atoms with Gasteiger partial charge in [-0.1, -0.05) is 6.07 Å². The van der Waals surface area contributed by atoms with Gasteiger partial charge in [0, 0.05) is 35.5 Å². The van der Waals surface area contributed by atoms with Crippen molar-refractivity contribution in [2.75, 3.05) is 7.11 Å². The summed E-state index contributed by atoms with van der Waals surface area (Å²) in [6, 6.07) is 9.31. The molecular formula is C21H15F2N5O2. The second-order valence-corrected chi connectivity index (χ2v) is 6.94. The van der Waals surface area contributed by atoms with Crippen molar-refractivity contribution < 1.29 is 18.3 Å². The van der Waals surface area contributed by atoms with E-state index >= 15 is 0 Å². The lowest BCUT2D eigenvalue weighted by atomic mass is 10.0. The van der Waals surface area contributed by atoms with Crippen molar-refractivity contribution in [1.82, 2.24) is 24.5 Å². The molecule has 9 heteroatoms. The number of fused-ring (bicyclic) bond motifs is 3. The first-order chi connectivity index (χ1) is 14.5. The molecule has 1 aliphatic rings. The van der Waals surface area contributed by atoms with Gasteiger partial charge in [-0.2, -0.15) is 0 Å². The predicted octanol–water partition coefficient (Wildman–Crippen LogP) is 3.23. The van der Waals surface area contributed by atoms with E-state index < -0.39 is 11.6 Å². The van der Waals surface area contributed by atoms with E-state index in [-0.39, 0.29) is 24.6 Å². The second-order valence-electron chi connectivity index (χ2n) is 6.94. The Hall–Kier alpha value is -3.88. The number of benzene rings is 1. The quantitative estimate of drug-likeness (QED) is 0.519. The van der Waals surface area contributed by atoms with Crippen molar-refractivity contribution in [3.8, 4) is 17.0 Å². The van der Waals surface area contributed by atoms with Crippen molar-refractivity contribution in [3.05, 3.63) is 77.4 Å². The summed E-state index contributed by atoms with van der Waals surface area (Å²) in [5, 5.41) is 7.74. The molecule has 1 amide bonds. The van der Waals surface area contributed by atoms with E-state index in [9.17, 15) is 13.6 Å². The van der Waals surface area contributed by atoms with Crippen molar-refractivity contribution in [3.63, 3.8) is 0 Å². The Bertz CT molecular complexity index is 1260. The van der Waals surface area contributed by atoms with Gasteiger partial charge in [0.05, 0.1) is 13.7 Å². The molecule has 5 rings (SSSR count). The number of rotatable bonds is 4. The number of carbonyl (C=O) groups is 1. The first-order valence-corrected chi connectivity index (χ1v) is 9.14. The van der Waals surface area contributed by atoms with Gasteiger partial charge in [-0.25, -0.2) is 13.8 Å². The number of carbonyl (C=O) groups excluding carboxylic acids is 1. The number of pyridine rings is 2. The number of hydrogen-bond donors (Lipinski definition) is 0. The van der Waals surface area contributed by atoms with Gasteiger partial charge in [0.15, 0.2) is 5.65 Å². The molecule has 0 N–H and O–H groups in total. The van der Waals surface area contributed by atoms with E-state index in [0.29, 0.717) is 28.3 Å². The van der Waals surface area contributed by atoms with Crippen LogP contribution in [0.15, 0.2) is 48.9 Å². The van der Waals surface area contributed by atoms with Gasteiger partial charge >= 0.3 is 0 Å². The zero-order valence-electron chi connectivity index (χ0n) is 15.8. The molecule has 0 atom stereocenters. The smallest absolute Gasteiger partial charge is 0.271 e. The monoisotopic (exact) mass is 407 g/mol. The normalized spacial score (nSPS) is 13.2. The van der Waals surface area contributed by atoms with Crippen molar-refractivity contribution in [1.29, 1.82) is 0 Å². The maximum atomic E-state index is 14.8. The van der Waals surface area contributed by atoms with Gasteiger partial charge in [-0.15, -0.1) is 10.2 Å². The Balaban J connectivity index is 1.44. The zero-order valence-corrected chi connectivity index (χ0v) is 15.8. The average molecular weight is 407 g/mol. The maximum absolute atomic E-state index is 14.8. The fraction of sp³-hybridized carbons (Fsp3) is 0.143. The third-order valence-corrected chi connectivity index (χ3v) is 5.17. The fourth-order valence-electron chi connectivity index (χ4n) is 3.64. The summed E-state index contributed by atoms with van der Waals surface area (Å²) in [6.45, 7) is 0.0707. The Morgan fingerprint density at radius 3 is 2.60 bits per heavy atom. The third-order valence-electron chi connectivity index (χ3n) is 5.17. The molecule has 1 aliphatic heterocycles. The van der Waals surface area contributed by atoms with Crippen LogP contribution >= 0.6 is 0 Å². The van der Waals surface area contributed by atoms with Crippen molar-refractivity contribution >= 4 is 11.6 Å². The van der Waals surface area contributed by atoms with Crippen LogP contribution in [0.3, 0.4) is 0 Å². The fourth-order valence-corrected chi connectivity index (χ4v) is 3.64. The molecule has 3 aromatic heterocycles. The van der Waals surface area contributed by atoms with Gasteiger partial charge in [0.1, 0.15) is 23.7 Å². The van der Waals surface area contributed by atoms with E-state index in [1.54, 1.807) is 28.7 Å². The van der Waals surface area contributed by atoms with Gasteiger partial charge in [0.2, 0.25) is 5.88 Å². The van der Waals surface area contributed by atoms with Crippen LogP contribution in [0.25, 0.3) is 16.8 Å². The summed E-state index contributed by atoms with van der Waals surface area (Å²) >= 11 is 0. The highest BCUT2D eigenvalue weighted by atomic mass is 19.1. The summed E-state index contributed by atoms with van der Waals surface area (Å²) < 4.78 is 36.2. The molecule has 4 heterocycles. The Morgan fingerprint density at radius 2 is 1.90 bits per heavy atom. The number of halogens is 2. The zero-order chi connectivity index (χ0) is 20.8. The largest absolute Gasteiger partial charge is 0.481 e. The van der Waals surface area contributed by atoms with Crippen LogP contribution in [0.2, 0.25) is 0 Å². The molecule has 0 spiro atoms. The molecular weight excluding hydrogens is 392 g/mol. The average Bonchev–Trinajstić information content (AvgIpc) is 3.35. The third kappa shape index (κ3) is 2.86. The van der Waals surface area contributed by atoms with Crippen LogP contribution in [-0.2, 0) is 13.1 Å². The van der Waals surface area contributed by atoms with Gasteiger partial charge in [-0.05, 0) is 29.8 Å². The first-order valence-electron chi connectivity index (χ1n) is 9.14. The summed E-state index contributed by atoms with van der Waals surface area (Å²) in [4.78, 5) is 18.3. The van der Waals surface area contributed by atoms with Gasteiger partial charge in [-0.3, -0.25) is 9.20 Å². The number of ether oxygens (including phenoxy) is 1. The standard InChI is InChI=1S/C21H15F2N5O2/c1-30-19-5-3-12(8-24-19)14-6-16(22)15(17(23)7-14)10-27-9-13-2-4-18-26-25-11-28(18)20(13)21(27)29/h2-8,11H,9-10H2,1H3. The highest BCUT2D eigenvalue weighted by Crippen LogP contribution is 2.29. The van der Waals surface area contributed by atoms with Crippen LogP contribution in [0.1, 0.15) is 21.6 Å². The van der Waals surface area contributed by atoms with Crippen LogP contribution < -0.4 is 4.74 Å². The summed E-state index contributed by atoms with van der Waals surface area (Å²) in [5.74, 6) is -1.36. The van der Waals surface area contributed by atoms with Crippen molar-refractivity contribution in [2.24, 2.45) is 0 Å². The van der Waals surface area contributed by atoms with E-state index in [2.05, 4.69) is 15.2 Å². The molecule has 0 fully saturated rings. The van der Waals surface area contributed by atoms with Crippen LogP contribution in [-0.4, -0.2) is 37.5 Å². The molecule has 1 aromatic carbocycles. The lowest BCUT2D eigenvalue weighted by Gasteiger charge is -2.17. The Labute approximate surface area is 169 Å². The van der Waals surface area contributed by atoms with E-state index in [0.717, 1.165) is 5.56 Å². The van der Waals surface area contributed by atoms with Crippen LogP contribution in [0, 0.1) is 11.6 Å². The van der Waals surface area contributed by atoms with E-state index in [1.165, 1.54) is 36.7 Å². The molecule has 30 heavy (non-hydrogen) atoms. The minimum absolute atomic E-state index is 0.165. The summed E-state index contributed by atoms with van der Waals surface area (Å²) in [6.07, 6.45) is 2.94. The molecule has 0 bridgehead atoms. The molecule has 0 saturated carbocycles. The van der Waals surface area contributed by atoms with Crippen molar-refractivity contribution in [2.45, 2.75) is 13.1 Å². The highest BCUT2D eigenvalue weighted by molar-refractivity contribution is 5.97. The van der Waals surface area contributed by atoms with Gasteiger partial charge < -0.3 is 9.64 Å². The number of hydrogen-bond acceptors (Lipinski definition) is 5. The molecule has 0 radical (unpaired) electrons. The molecule has 0 saturated heterocycles. The minimum Gasteiger partial charge on any atom is -0.481 e. The summed E-state index contributed by atoms with van der Waals surface area (Å²) in [5.41, 5.74) is 2.46. The van der Waals surface area contributed by atoms with Crippen LogP contribution in [0.5, 0.6) is 5.88 Å². The number of methoxy groups -OCH3 is 1. The Kier molecular flexibility index (Phi) is 4.16. The topological polar surface area (TPSA) is 72.6 Å². The predicted molar refractivity (Wildman–Crippen MR) is 103 cm³/mol. The summed E-state index contributed by atoms with van der Waals surface area (Å²) in [7, 11) is 1.49. The first kappa shape index (κ1) is 18.2. The van der Waals surface area contributed by atoms with E-state index in [1.807, 2.05) is 0 Å². The SMILES string of the molecule is COc1ccc(-c2cc(F)c(CN3Cc4ccc5nncn5c4C3=O)c(F)c2)cn1. The van der Waals surface area contributed by atoms with Crippen LogP contribution in [0.4, 0.5) is 8.78 Å². The highest BCUT2D eigenvalue weighted by Gasteiger charge is 2.31. The number of aromatic nitrogens is 4. The Morgan fingerprint density at radius 1 is 1.10 bits per heavy atom. The number of nitrogens with zero attached hydrogens (tertiary/aromatic N) is 5. The van der Waals surface area contributed by atoms with Gasteiger partial charge in [0.25, 0.3) is 5.91 Å². The van der Waals surface area contributed by atoms with E-state index in [4.69, 9.17) is 4.74 Å². The molecule has 7 nitrogen and oxygen atoms in total. The molecule has 0 unspecified atom stereocenters. The molecule has 150 valence electrons. The minimum atomic E-state index is -0.723. The number of amides is 1. The lowest BCUT2D eigenvalue weighted by Crippen LogP contribution is -2.25. The molecule has 4 aromatic rings. The maximum Gasteiger partial charge on any atom is 0.271 e. The lowest BCUT2D eigenvalue weighted by molar-refractivity contribution is 0.0758. The molecule has 0 aliphatic carbocycles.